The molecule has 0 spiro atoms. The van der Waals surface area contributed by atoms with Crippen molar-refractivity contribution in [2.75, 3.05) is 19.7 Å². The molecule has 0 aromatic heterocycles. The van der Waals surface area contributed by atoms with Gasteiger partial charge in [0, 0.05) is 6.61 Å². The predicted molar refractivity (Wildman–Crippen MR) is 32.9 cm³/mol. The smallest absolute Gasteiger partial charge is 0.662 e. The van der Waals surface area contributed by atoms with Gasteiger partial charge in [0.15, 0.2) is 0 Å². The summed E-state index contributed by atoms with van der Waals surface area (Å²) in [4.78, 5) is 0. The zero-order chi connectivity index (χ0) is 5.82. The molecule has 0 aromatic carbocycles. The van der Waals surface area contributed by atoms with Gasteiger partial charge in [-0.05, 0) is 5.92 Å². The largest absolute Gasteiger partial charge is 1.00 e. The number of rotatable bonds is 1. The summed E-state index contributed by atoms with van der Waals surface area (Å²) in [6, 6.07) is 0. The molecule has 0 aliphatic carbocycles. The maximum Gasteiger partial charge on any atom is 1.00 e. The Morgan fingerprint density at radius 1 is 1.33 bits per heavy atom. The zero-order valence-corrected chi connectivity index (χ0v) is 6.01. The number of piperidine rings is 1. The molecule has 1 N–H and O–H groups in total. The molecule has 0 atom stereocenters. The Morgan fingerprint density at radius 2 is 1.89 bits per heavy atom. The first kappa shape index (κ1) is 9.52. The fourth-order valence-corrected chi connectivity index (χ4v) is 0.986. The molecule has 2 nitrogen and oxygen atoms in total. The molecule has 0 aromatic rings. The van der Waals surface area contributed by atoms with Crippen LogP contribution in [-0.2, 0) is 0 Å². The summed E-state index contributed by atoms with van der Waals surface area (Å²) >= 11 is 0. The number of aliphatic hydroxyl groups excluding tert-OH is 1. The summed E-state index contributed by atoms with van der Waals surface area (Å²) in [7, 11) is 0. The Bertz CT molecular complexity index is 64.1. The van der Waals surface area contributed by atoms with Crippen LogP contribution in [0.1, 0.15) is 12.8 Å². The molecule has 1 fully saturated rings. The Kier molecular flexibility index (Phi) is 5.62. The van der Waals surface area contributed by atoms with Crippen LogP contribution in [-0.4, -0.2) is 24.8 Å². The van der Waals surface area contributed by atoms with E-state index < -0.39 is 0 Å². The Balaban J connectivity index is 0.000000640. The van der Waals surface area contributed by atoms with E-state index in [4.69, 9.17) is 5.11 Å². The Morgan fingerprint density at radius 3 is 2.22 bits per heavy atom. The fourth-order valence-electron chi connectivity index (χ4n) is 0.986. The van der Waals surface area contributed by atoms with Gasteiger partial charge in [0.2, 0.25) is 0 Å². The Labute approximate surface area is 68.2 Å². The van der Waals surface area contributed by atoms with E-state index in [0.717, 1.165) is 25.9 Å². The Hall–Kier alpha value is 0.517. The summed E-state index contributed by atoms with van der Waals surface area (Å²) in [5.41, 5.74) is 0. The van der Waals surface area contributed by atoms with E-state index in [1.54, 1.807) is 0 Å². The van der Waals surface area contributed by atoms with E-state index in [9.17, 15) is 0 Å². The molecule has 0 amide bonds. The maximum absolute atomic E-state index is 8.65. The van der Waals surface area contributed by atoms with Gasteiger partial charge in [0.1, 0.15) is 0 Å². The average molecular weight is 121 g/mol. The van der Waals surface area contributed by atoms with Crippen LogP contribution in [0.2, 0.25) is 0 Å². The predicted octanol–water partition coefficient (Wildman–Crippen LogP) is -2.23. The van der Waals surface area contributed by atoms with Crippen LogP contribution in [0.3, 0.4) is 0 Å². The third-order valence-corrected chi connectivity index (χ3v) is 1.65. The van der Waals surface area contributed by atoms with Crippen molar-refractivity contribution in [2.45, 2.75) is 12.8 Å². The first-order valence-electron chi connectivity index (χ1n) is 3.17. The van der Waals surface area contributed by atoms with Gasteiger partial charge >= 0.3 is 18.9 Å². The molecule has 1 aliphatic heterocycles. The van der Waals surface area contributed by atoms with Crippen LogP contribution in [0.5, 0.6) is 0 Å². The third kappa shape index (κ3) is 3.27. The van der Waals surface area contributed by atoms with Gasteiger partial charge in [0.25, 0.3) is 0 Å². The van der Waals surface area contributed by atoms with Crippen LogP contribution in [0.4, 0.5) is 0 Å². The normalized spacial score (nSPS) is 21.0. The standard InChI is InChI=1S/C6H12NO.Li/c8-5-6-1-3-7-4-2-6;/h6,8H,1-5H2;/q-1;+1. The molecule has 48 valence electrons. The van der Waals surface area contributed by atoms with Gasteiger partial charge in [-0.15, -0.1) is 13.1 Å². The van der Waals surface area contributed by atoms with Crippen molar-refractivity contribution in [3.63, 3.8) is 0 Å². The van der Waals surface area contributed by atoms with Crippen LogP contribution in [0.15, 0.2) is 0 Å². The van der Waals surface area contributed by atoms with Crippen LogP contribution in [0.25, 0.3) is 5.32 Å². The second-order valence-corrected chi connectivity index (χ2v) is 2.30. The second kappa shape index (κ2) is 5.31. The van der Waals surface area contributed by atoms with E-state index in [2.05, 4.69) is 5.32 Å². The summed E-state index contributed by atoms with van der Waals surface area (Å²) in [5.74, 6) is 0.549. The van der Waals surface area contributed by atoms with Gasteiger partial charge in [-0.25, -0.2) is 0 Å². The molecular weight excluding hydrogens is 109 g/mol. The molecule has 3 heteroatoms. The second-order valence-electron chi connectivity index (χ2n) is 2.30. The van der Waals surface area contributed by atoms with Crippen LogP contribution in [0, 0.1) is 5.92 Å². The molecule has 9 heavy (non-hydrogen) atoms. The number of hydrogen-bond donors (Lipinski definition) is 1. The third-order valence-electron chi connectivity index (χ3n) is 1.65. The maximum atomic E-state index is 8.65. The number of hydrogen-bond acceptors (Lipinski definition) is 1. The molecule has 1 rings (SSSR count). The van der Waals surface area contributed by atoms with Crippen molar-refractivity contribution in [3.05, 3.63) is 5.32 Å². The average Bonchev–Trinajstić information content (AvgIpc) is 1.90. The van der Waals surface area contributed by atoms with Gasteiger partial charge in [0.05, 0.1) is 0 Å². The number of aliphatic hydroxyl groups is 1. The van der Waals surface area contributed by atoms with Crippen molar-refractivity contribution < 1.29 is 24.0 Å². The van der Waals surface area contributed by atoms with E-state index in [0.29, 0.717) is 12.5 Å². The minimum Gasteiger partial charge on any atom is -0.662 e. The molecule has 1 heterocycles. The quantitative estimate of drug-likeness (QED) is 0.391. The van der Waals surface area contributed by atoms with Crippen molar-refractivity contribution in [1.29, 1.82) is 0 Å². The SMILES string of the molecule is OCC1CC[N-]CC1.[Li+]. The molecule has 0 saturated carbocycles. The van der Waals surface area contributed by atoms with E-state index in [1.165, 1.54) is 0 Å². The van der Waals surface area contributed by atoms with Crippen molar-refractivity contribution in [2.24, 2.45) is 5.92 Å². The minimum atomic E-state index is 0. The topological polar surface area (TPSA) is 34.3 Å². The van der Waals surface area contributed by atoms with E-state index >= 15 is 0 Å². The molecule has 0 bridgehead atoms. The van der Waals surface area contributed by atoms with Crippen LogP contribution < -0.4 is 18.9 Å². The fraction of sp³-hybridized carbons (Fsp3) is 1.00. The van der Waals surface area contributed by atoms with Crippen molar-refractivity contribution in [1.82, 2.24) is 0 Å². The zero-order valence-electron chi connectivity index (χ0n) is 6.01. The monoisotopic (exact) mass is 121 g/mol. The summed E-state index contributed by atoms with van der Waals surface area (Å²) < 4.78 is 0. The first-order valence-corrected chi connectivity index (χ1v) is 3.17. The summed E-state index contributed by atoms with van der Waals surface area (Å²) in [6.45, 7) is 2.28. The van der Waals surface area contributed by atoms with Gasteiger partial charge in [-0.3, -0.25) is 0 Å². The summed E-state index contributed by atoms with van der Waals surface area (Å²) in [6.07, 6.45) is 2.19. The number of nitrogens with zero attached hydrogens (tertiary/aromatic N) is 1. The first-order chi connectivity index (χ1) is 3.93. The van der Waals surface area contributed by atoms with Crippen molar-refractivity contribution >= 4 is 0 Å². The molecule has 0 unspecified atom stereocenters. The summed E-state index contributed by atoms with van der Waals surface area (Å²) in [5, 5.41) is 12.8. The van der Waals surface area contributed by atoms with Crippen LogP contribution >= 0.6 is 0 Å². The van der Waals surface area contributed by atoms with E-state index in [-0.39, 0.29) is 18.9 Å². The van der Waals surface area contributed by atoms with Crippen molar-refractivity contribution in [3.8, 4) is 0 Å². The van der Waals surface area contributed by atoms with Gasteiger partial charge in [-0.1, -0.05) is 12.8 Å². The molecular formula is C6H12LiNO. The van der Waals surface area contributed by atoms with Gasteiger partial charge < -0.3 is 10.4 Å². The minimum absolute atomic E-state index is 0. The molecule has 1 saturated heterocycles. The molecule has 1 aliphatic rings. The van der Waals surface area contributed by atoms with E-state index in [1.807, 2.05) is 0 Å². The molecule has 0 radical (unpaired) electrons. The van der Waals surface area contributed by atoms with Gasteiger partial charge in [-0.2, -0.15) is 0 Å².